The topological polar surface area (TPSA) is 47.8 Å². The maximum Gasteiger partial charge on any atom is 0.170 e. The van der Waals surface area contributed by atoms with Crippen LogP contribution in [0.2, 0.25) is 0 Å². The average molecular weight is 275 g/mol. The number of rotatable bonds is 5. The summed E-state index contributed by atoms with van der Waals surface area (Å²) >= 11 is 0. The summed E-state index contributed by atoms with van der Waals surface area (Å²) in [5.41, 5.74) is 1.11. The summed E-state index contributed by atoms with van der Waals surface area (Å²) in [6.07, 6.45) is 1.58. The third-order valence-corrected chi connectivity index (χ3v) is 2.92. The lowest BCUT2D eigenvalue weighted by Gasteiger charge is -2.08. The molecule has 0 saturated carbocycles. The molecular weight excluding hydrogens is 257 g/mol. The molecule has 1 aromatic carbocycles. The summed E-state index contributed by atoms with van der Waals surface area (Å²) in [6, 6.07) is 4.35. The molecule has 0 unspecified atom stereocenters. The highest BCUT2D eigenvalue weighted by Gasteiger charge is 2.14. The normalized spacial score (nSPS) is 11.1. The van der Waals surface area contributed by atoms with E-state index in [1.54, 1.807) is 17.7 Å². The predicted octanol–water partition coefficient (Wildman–Crippen LogP) is 2.81. The lowest BCUT2D eigenvalue weighted by atomic mass is 10.1. The van der Waals surface area contributed by atoms with Gasteiger partial charge in [0.2, 0.25) is 0 Å². The highest BCUT2D eigenvalue weighted by Crippen LogP contribution is 2.12. The summed E-state index contributed by atoms with van der Waals surface area (Å²) in [6.45, 7) is 6.62. The molecule has 0 aliphatic carbocycles. The Morgan fingerprint density at radius 1 is 1.35 bits per heavy atom. The van der Waals surface area contributed by atoms with Gasteiger partial charge in [0.1, 0.15) is 18.0 Å². The van der Waals surface area contributed by atoms with Gasteiger partial charge in [-0.15, -0.1) is 0 Å². The van der Waals surface area contributed by atoms with Gasteiger partial charge in [-0.3, -0.25) is 4.79 Å². The van der Waals surface area contributed by atoms with Crippen molar-refractivity contribution in [1.82, 2.24) is 14.8 Å². The van der Waals surface area contributed by atoms with Gasteiger partial charge in [-0.05, 0) is 36.6 Å². The zero-order valence-electron chi connectivity index (χ0n) is 11.9. The number of hydrogen-bond donors (Lipinski definition) is 0. The van der Waals surface area contributed by atoms with Gasteiger partial charge in [0.15, 0.2) is 5.78 Å². The predicted molar refractivity (Wildman–Crippen MR) is 74.0 cm³/mol. The Balaban J connectivity index is 2.17. The first kappa shape index (κ1) is 14.4. The molecule has 0 radical (unpaired) electrons. The van der Waals surface area contributed by atoms with Crippen molar-refractivity contribution in [1.29, 1.82) is 0 Å². The van der Waals surface area contributed by atoms with Crippen LogP contribution in [0.25, 0.3) is 0 Å². The van der Waals surface area contributed by atoms with Crippen LogP contribution in [0.15, 0.2) is 24.5 Å². The maximum atomic E-state index is 13.3. The summed E-state index contributed by atoms with van der Waals surface area (Å²) < 4.78 is 15.1. The van der Waals surface area contributed by atoms with Crippen LogP contribution >= 0.6 is 0 Å². The number of carbonyl (C=O) groups excluding carboxylic acids is 1. The second-order valence-electron chi connectivity index (χ2n) is 5.37. The van der Waals surface area contributed by atoms with Crippen LogP contribution < -0.4 is 0 Å². The lowest BCUT2D eigenvalue weighted by Crippen LogP contribution is -2.14. The average Bonchev–Trinajstić information content (AvgIpc) is 2.74. The van der Waals surface area contributed by atoms with Crippen LogP contribution in [0.4, 0.5) is 4.39 Å². The van der Waals surface area contributed by atoms with Crippen LogP contribution in [-0.2, 0) is 13.0 Å². The fourth-order valence-corrected chi connectivity index (χ4v) is 2.07. The second kappa shape index (κ2) is 5.94. The highest BCUT2D eigenvalue weighted by molar-refractivity contribution is 5.97. The van der Waals surface area contributed by atoms with Crippen molar-refractivity contribution < 1.29 is 9.18 Å². The van der Waals surface area contributed by atoms with E-state index in [9.17, 15) is 9.18 Å². The van der Waals surface area contributed by atoms with Gasteiger partial charge in [0, 0.05) is 12.1 Å². The zero-order chi connectivity index (χ0) is 14.7. The van der Waals surface area contributed by atoms with Gasteiger partial charge in [-0.25, -0.2) is 14.1 Å². The smallest absolute Gasteiger partial charge is 0.170 e. The van der Waals surface area contributed by atoms with E-state index in [-0.39, 0.29) is 12.2 Å². The largest absolute Gasteiger partial charge is 0.294 e. The third-order valence-electron chi connectivity index (χ3n) is 2.92. The van der Waals surface area contributed by atoms with Gasteiger partial charge in [0.25, 0.3) is 0 Å². The Hall–Kier alpha value is -2.04. The fourth-order valence-electron chi connectivity index (χ4n) is 2.07. The zero-order valence-corrected chi connectivity index (χ0v) is 11.9. The molecule has 2 rings (SSSR count). The molecular formula is C15H18FN3O. The molecule has 1 aromatic heterocycles. The molecule has 0 saturated heterocycles. The standard InChI is InChI=1S/C15H18FN3O/c1-10(2)8-19-15(17-9-18-19)7-14(20)12-4-11(3)5-13(16)6-12/h4-6,9-10H,7-8H2,1-3H3. The molecule has 0 N–H and O–H groups in total. The van der Waals surface area contributed by atoms with Crippen LogP contribution in [0.3, 0.4) is 0 Å². The minimum Gasteiger partial charge on any atom is -0.294 e. The number of hydrogen-bond acceptors (Lipinski definition) is 3. The van der Waals surface area contributed by atoms with Crippen molar-refractivity contribution >= 4 is 5.78 Å². The SMILES string of the molecule is Cc1cc(F)cc(C(=O)Cc2ncnn2CC(C)C)c1. The number of carbonyl (C=O) groups is 1. The number of aryl methyl sites for hydroxylation is 1. The highest BCUT2D eigenvalue weighted by atomic mass is 19.1. The molecule has 0 spiro atoms. The van der Waals surface area contributed by atoms with E-state index < -0.39 is 5.82 Å². The minimum absolute atomic E-state index is 0.135. The van der Waals surface area contributed by atoms with Crippen molar-refractivity contribution in [3.63, 3.8) is 0 Å². The molecule has 1 heterocycles. The van der Waals surface area contributed by atoms with Crippen LogP contribution in [0.1, 0.15) is 35.6 Å². The van der Waals surface area contributed by atoms with Crippen molar-refractivity contribution in [3.05, 3.63) is 47.3 Å². The van der Waals surface area contributed by atoms with Crippen LogP contribution in [0, 0.1) is 18.7 Å². The fraction of sp³-hybridized carbons (Fsp3) is 0.400. The summed E-state index contributed by atoms with van der Waals surface area (Å²) in [7, 11) is 0. The Morgan fingerprint density at radius 3 is 2.75 bits per heavy atom. The quantitative estimate of drug-likeness (QED) is 0.788. The summed E-state index contributed by atoms with van der Waals surface area (Å²) in [4.78, 5) is 16.3. The van der Waals surface area contributed by atoms with Crippen molar-refractivity contribution in [2.75, 3.05) is 0 Å². The van der Waals surface area contributed by atoms with Gasteiger partial charge in [0.05, 0.1) is 6.42 Å². The molecule has 2 aromatic rings. The van der Waals surface area contributed by atoms with Crippen LogP contribution in [-0.4, -0.2) is 20.5 Å². The molecule has 106 valence electrons. The van der Waals surface area contributed by atoms with Crippen LogP contribution in [0.5, 0.6) is 0 Å². The van der Waals surface area contributed by atoms with E-state index in [2.05, 4.69) is 23.9 Å². The molecule has 0 fully saturated rings. The number of halogens is 1. The number of Topliss-reactive ketones (excluding diaryl/α,β-unsaturated/α-hetero) is 1. The van der Waals surface area contributed by atoms with E-state index >= 15 is 0 Å². The first-order valence-corrected chi connectivity index (χ1v) is 6.63. The van der Waals surface area contributed by atoms with E-state index in [0.29, 0.717) is 23.9 Å². The monoisotopic (exact) mass is 275 g/mol. The second-order valence-corrected chi connectivity index (χ2v) is 5.37. The van der Waals surface area contributed by atoms with Gasteiger partial charge in [-0.1, -0.05) is 13.8 Å². The van der Waals surface area contributed by atoms with E-state index in [0.717, 1.165) is 5.56 Å². The van der Waals surface area contributed by atoms with Gasteiger partial charge < -0.3 is 0 Å². The van der Waals surface area contributed by atoms with E-state index in [1.807, 2.05) is 0 Å². The van der Waals surface area contributed by atoms with Crippen molar-refractivity contribution in [2.24, 2.45) is 5.92 Å². The molecule has 0 amide bonds. The molecule has 0 atom stereocenters. The number of aromatic nitrogens is 3. The number of nitrogens with zero attached hydrogens (tertiary/aromatic N) is 3. The Bertz CT molecular complexity index is 599. The minimum atomic E-state index is -0.392. The summed E-state index contributed by atoms with van der Waals surface area (Å²) in [5.74, 6) is 0.496. The maximum absolute atomic E-state index is 13.3. The molecule has 0 aliphatic rings. The Kier molecular flexibility index (Phi) is 4.27. The first-order valence-electron chi connectivity index (χ1n) is 6.63. The lowest BCUT2D eigenvalue weighted by molar-refractivity contribution is 0.0988. The molecule has 4 nitrogen and oxygen atoms in total. The summed E-state index contributed by atoms with van der Waals surface area (Å²) in [5, 5.41) is 4.12. The molecule has 0 bridgehead atoms. The van der Waals surface area contributed by atoms with E-state index in [1.165, 1.54) is 18.5 Å². The van der Waals surface area contributed by atoms with Gasteiger partial charge in [-0.2, -0.15) is 5.10 Å². The molecule has 0 aliphatic heterocycles. The van der Waals surface area contributed by atoms with Gasteiger partial charge >= 0.3 is 0 Å². The number of ketones is 1. The molecule has 20 heavy (non-hydrogen) atoms. The first-order chi connectivity index (χ1) is 9.45. The third kappa shape index (κ3) is 3.50. The van der Waals surface area contributed by atoms with E-state index in [4.69, 9.17) is 0 Å². The Labute approximate surface area is 117 Å². The van der Waals surface area contributed by atoms with Crippen molar-refractivity contribution in [2.45, 2.75) is 33.7 Å². The Morgan fingerprint density at radius 2 is 2.10 bits per heavy atom. The molecule has 5 heteroatoms. The van der Waals surface area contributed by atoms with Crippen molar-refractivity contribution in [3.8, 4) is 0 Å². The number of benzene rings is 1.